The molecule has 2 atom stereocenters. The summed E-state index contributed by atoms with van der Waals surface area (Å²) in [4.78, 5) is 19.3. The lowest BCUT2D eigenvalue weighted by atomic mass is 10.1. The third kappa shape index (κ3) is 3.60. The van der Waals surface area contributed by atoms with Crippen LogP contribution >= 0.6 is 23.7 Å². The highest BCUT2D eigenvalue weighted by atomic mass is 35.5. The fraction of sp³-hybridized carbons (Fsp3) is 0.615. The van der Waals surface area contributed by atoms with Crippen LogP contribution in [0.5, 0.6) is 0 Å². The highest BCUT2D eigenvalue weighted by Crippen LogP contribution is 2.15. The summed E-state index contributed by atoms with van der Waals surface area (Å²) in [6.07, 6.45) is 0. The van der Waals surface area contributed by atoms with Gasteiger partial charge in [-0.05, 0) is 20.8 Å². The second-order valence-electron chi connectivity index (χ2n) is 5.59. The second-order valence-corrected chi connectivity index (χ2v) is 6.63. The molecule has 1 aliphatic heterocycles. The Morgan fingerprint density at radius 3 is 2.71 bits per heavy atom. The van der Waals surface area contributed by atoms with Crippen LogP contribution in [0.2, 0.25) is 0 Å². The van der Waals surface area contributed by atoms with Crippen LogP contribution in [0.1, 0.15) is 24.5 Å². The molecule has 0 aliphatic carbocycles. The summed E-state index contributed by atoms with van der Waals surface area (Å²) in [6, 6.07) is 2.48. The predicted molar refractivity (Wildman–Crippen MR) is 86.5 cm³/mol. The van der Waals surface area contributed by atoms with Crippen LogP contribution in [0.15, 0.2) is 10.9 Å². The van der Waals surface area contributed by atoms with Crippen molar-refractivity contribution < 1.29 is 0 Å². The second kappa shape index (κ2) is 6.39. The first-order chi connectivity index (χ1) is 9.51. The van der Waals surface area contributed by atoms with Crippen molar-refractivity contribution in [2.75, 3.05) is 13.1 Å². The maximum absolute atomic E-state index is 11.9. The summed E-state index contributed by atoms with van der Waals surface area (Å²) < 4.78 is 1.40. The Labute approximate surface area is 133 Å². The van der Waals surface area contributed by atoms with E-state index in [0.717, 1.165) is 30.3 Å². The molecule has 6 nitrogen and oxygen atoms in total. The van der Waals surface area contributed by atoms with E-state index in [1.54, 1.807) is 0 Å². The average Bonchev–Trinajstić information content (AvgIpc) is 2.70. The van der Waals surface area contributed by atoms with Gasteiger partial charge in [-0.15, -0.1) is 12.4 Å². The minimum Gasteiger partial charge on any atom is -0.309 e. The van der Waals surface area contributed by atoms with Crippen molar-refractivity contribution in [3.05, 3.63) is 27.1 Å². The Hall–Kier alpha value is -1.02. The topological polar surface area (TPSA) is 62.5 Å². The number of aromatic nitrogens is 3. The van der Waals surface area contributed by atoms with E-state index in [9.17, 15) is 4.79 Å². The maximum atomic E-state index is 11.9. The van der Waals surface area contributed by atoms with Crippen LogP contribution in [0, 0.1) is 6.92 Å². The smallest absolute Gasteiger partial charge is 0.275 e. The van der Waals surface area contributed by atoms with E-state index in [1.165, 1.54) is 21.9 Å². The number of hydrogen-bond donors (Lipinski definition) is 1. The van der Waals surface area contributed by atoms with Gasteiger partial charge in [0.2, 0.25) is 4.96 Å². The SMILES string of the molecule is Cc1cc(=O)n2nc(CN3CC(C)NC(C)C3)sc2n1.Cl. The lowest BCUT2D eigenvalue weighted by molar-refractivity contribution is 0.166. The van der Waals surface area contributed by atoms with Gasteiger partial charge < -0.3 is 5.32 Å². The largest absolute Gasteiger partial charge is 0.309 e. The number of rotatable bonds is 2. The first kappa shape index (κ1) is 16.4. The molecule has 1 saturated heterocycles. The zero-order chi connectivity index (χ0) is 14.3. The third-order valence-electron chi connectivity index (χ3n) is 3.41. The fourth-order valence-electron chi connectivity index (χ4n) is 2.78. The number of aryl methyl sites for hydroxylation is 1. The van der Waals surface area contributed by atoms with Gasteiger partial charge in [0.25, 0.3) is 5.56 Å². The minimum absolute atomic E-state index is 0. The van der Waals surface area contributed by atoms with Gasteiger partial charge in [0.05, 0.1) is 6.54 Å². The van der Waals surface area contributed by atoms with Crippen LogP contribution < -0.4 is 10.9 Å². The first-order valence-electron chi connectivity index (χ1n) is 6.86. The lowest BCUT2D eigenvalue weighted by Crippen LogP contribution is -2.53. The number of nitrogens with one attached hydrogen (secondary N) is 1. The molecule has 0 bridgehead atoms. The molecule has 3 rings (SSSR count). The van der Waals surface area contributed by atoms with Crippen LogP contribution in [0.3, 0.4) is 0 Å². The van der Waals surface area contributed by atoms with Crippen LogP contribution in [-0.2, 0) is 6.54 Å². The normalized spacial score (nSPS) is 23.2. The number of piperazine rings is 1. The van der Waals surface area contributed by atoms with E-state index in [4.69, 9.17) is 0 Å². The molecule has 2 aromatic heterocycles. The zero-order valence-electron chi connectivity index (χ0n) is 12.4. The molecule has 0 saturated carbocycles. The van der Waals surface area contributed by atoms with Crippen molar-refractivity contribution in [1.29, 1.82) is 0 Å². The summed E-state index contributed by atoms with van der Waals surface area (Å²) in [5.74, 6) is 0. The fourth-order valence-corrected chi connectivity index (χ4v) is 3.77. The minimum atomic E-state index is -0.1000. The summed E-state index contributed by atoms with van der Waals surface area (Å²) >= 11 is 1.50. The van der Waals surface area contributed by atoms with Gasteiger partial charge in [-0.1, -0.05) is 11.3 Å². The molecule has 0 radical (unpaired) electrons. The molecule has 1 fully saturated rings. The molecule has 3 heterocycles. The maximum Gasteiger partial charge on any atom is 0.275 e. The molecule has 0 aromatic carbocycles. The Kier molecular flexibility index (Phi) is 4.98. The van der Waals surface area contributed by atoms with Gasteiger partial charge in [0.15, 0.2) is 0 Å². The standard InChI is InChI=1S/C13H19N5OS.ClH/c1-8-4-12(19)18-13(15-8)20-11(16-18)7-17-5-9(2)14-10(3)6-17;/h4,9-10,14H,5-7H2,1-3H3;1H. The first-order valence-corrected chi connectivity index (χ1v) is 7.68. The number of nitrogens with zero attached hydrogens (tertiary/aromatic N) is 4. The summed E-state index contributed by atoms with van der Waals surface area (Å²) in [7, 11) is 0. The molecule has 2 unspecified atom stereocenters. The van der Waals surface area contributed by atoms with Gasteiger partial charge in [-0.2, -0.15) is 9.61 Å². The van der Waals surface area contributed by atoms with Crippen LogP contribution in [-0.4, -0.2) is 44.7 Å². The van der Waals surface area contributed by atoms with Crippen LogP contribution in [0.4, 0.5) is 0 Å². The molecule has 116 valence electrons. The van der Waals surface area contributed by atoms with E-state index in [0.29, 0.717) is 17.0 Å². The van der Waals surface area contributed by atoms with Gasteiger partial charge >= 0.3 is 0 Å². The number of hydrogen-bond acceptors (Lipinski definition) is 6. The quantitative estimate of drug-likeness (QED) is 0.892. The Balaban J connectivity index is 0.00000161. The van der Waals surface area contributed by atoms with Crippen molar-refractivity contribution in [2.45, 2.75) is 39.4 Å². The number of fused-ring (bicyclic) bond motifs is 1. The molecular formula is C13H20ClN5OS. The number of halogens is 1. The van der Waals surface area contributed by atoms with Gasteiger partial charge in [0.1, 0.15) is 5.01 Å². The van der Waals surface area contributed by atoms with E-state index in [-0.39, 0.29) is 18.0 Å². The molecule has 2 aromatic rings. The van der Waals surface area contributed by atoms with Crippen molar-refractivity contribution >= 4 is 28.7 Å². The summed E-state index contributed by atoms with van der Waals surface area (Å²) in [6.45, 7) is 9.00. The zero-order valence-corrected chi connectivity index (χ0v) is 14.0. The van der Waals surface area contributed by atoms with Crippen molar-refractivity contribution in [3.8, 4) is 0 Å². The Morgan fingerprint density at radius 1 is 1.38 bits per heavy atom. The molecule has 21 heavy (non-hydrogen) atoms. The van der Waals surface area contributed by atoms with E-state index >= 15 is 0 Å². The summed E-state index contributed by atoms with van der Waals surface area (Å²) in [5.41, 5.74) is 0.645. The molecule has 0 spiro atoms. The van der Waals surface area contributed by atoms with Crippen LogP contribution in [0.25, 0.3) is 4.96 Å². The third-order valence-corrected chi connectivity index (χ3v) is 4.30. The lowest BCUT2D eigenvalue weighted by Gasteiger charge is -2.35. The van der Waals surface area contributed by atoms with E-state index in [1.807, 2.05) is 6.92 Å². The Bertz CT molecular complexity index is 675. The van der Waals surface area contributed by atoms with Crippen molar-refractivity contribution in [3.63, 3.8) is 0 Å². The monoisotopic (exact) mass is 329 g/mol. The molecule has 1 aliphatic rings. The molecule has 0 amide bonds. The van der Waals surface area contributed by atoms with Gasteiger partial charge in [-0.25, -0.2) is 4.98 Å². The summed E-state index contributed by atoms with van der Waals surface area (Å²) in [5, 5.41) is 8.85. The molecular weight excluding hydrogens is 310 g/mol. The van der Waals surface area contributed by atoms with E-state index < -0.39 is 0 Å². The Morgan fingerprint density at radius 2 is 2.05 bits per heavy atom. The molecule has 1 N–H and O–H groups in total. The average molecular weight is 330 g/mol. The molecule has 8 heteroatoms. The van der Waals surface area contributed by atoms with Gasteiger partial charge in [0, 0.05) is 36.9 Å². The highest BCUT2D eigenvalue weighted by Gasteiger charge is 2.22. The van der Waals surface area contributed by atoms with Crippen molar-refractivity contribution in [2.24, 2.45) is 0 Å². The van der Waals surface area contributed by atoms with Gasteiger partial charge in [-0.3, -0.25) is 9.69 Å². The highest BCUT2D eigenvalue weighted by molar-refractivity contribution is 7.16. The predicted octanol–water partition coefficient (Wildman–Crippen LogP) is 1.06. The van der Waals surface area contributed by atoms with Crippen molar-refractivity contribution in [1.82, 2.24) is 24.8 Å². The van der Waals surface area contributed by atoms with E-state index in [2.05, 4.69) is 34.1 Å².